The largest absolute Gasteiger partial charge is 0.390 e. The highest BCUT2D eigenvalue weighted by atomic mass is 32.2. The summed E-state index contributed by atoms with van der Waals surface area (Å²) in [6.45, 7) is 3.22. The van der Waals surface area contributed by atoms with Crippen LogP contribution in [-0.2, 0) is 17.7 Å². The van der Waals surface area contributed by atoms with Crippen molar-refractivity contribution in [3.63, 3.8) is 0 Å². The summed E-state index contributed by atoms with van der Waals surface area (Å²) in [7, 11) is 0. The predicted molar refractivity (Wildman–Crippen MR) is 114 cm³/mol. The number of thioether (sulfide) groups is 1. The fraction of sp³-hybridized carbons (Fsp3) is 0.429. The van der Waals surface area contributed by atoms with Crippen molar-refractivity contribution in [3.8, 4) is 10.7 Å². The van der Waals surface area contributed by atoms with Crippen LogP contribution in [-0.4, -0.2) is 38.3 Å². The number of aromatic nitrogens is 3. The van der Waals surface area contributed by atoms with Gasteiger partial charge in [-0.05, 0) is 48.8 Å². The number of rotatable bonds is 8. The lowest BCUT2D eigenvalue weighted by molar-refractivity contribution is -0.00961. The number of fused-ring (bicyclic) bond motifs is 1. The van der Waals surface area contributed by atoms with E-state index in [-0.39, 0.29) is 6.10 Å². The van der Waals surface area contributed by atoms with Crippen molar-refractivity contribution in [2.45, 2.75) is 50.1 Å². The Kier molecular flexibility index (Phi) is 6.47. The first-order valence-corrected chi connectivity index (χ1v) is 11.6. The molecule has 0 fully saturated rings. The van der Waals surface area contributed by atoms with Gasteiger partial charge in [-0.2, -0.15) is 0 Å². The van der Waals surface area contributed by atoms with Gasteiger partial charge in [-0.3, -0.25) is 0 Å². The van der Waals surface area contributed by atoms with Crippen LogP contribution < -0.4 is 0 Å². The van der Waals surface area contributed by atoms with Crippen LogP contribution in [0.25, 0.3) is 10.7 Å². The van der Waals surface area contributed by atoms with E-state index >= 15 is 0 Å². The molecule has 0 amide bonds. The summed E-state index contributed by atoms with van der Waals surface area (Å²) in [5, 5.41) is 22.0. The van der Waals surface area contributed by atoms with Crippen LogP contribution in [0.1, 0.15) is 37.0 Å². The number of hydrogen-bond acceptors (Lipinski definition) is 6. The highest BCUT2D eigenvalue weighted by Gasteiger charge is 2.22. The molecule has 2 heterocycles. The first kappa shape index (κ1) is 19.6. The predicted octanol–water partition coefficient (Wildman–Crippen LogP) is 4.57. The number of nitrogens with zero attached hydrogens (tertiary/aromatic N) is 3. The Morgan fingerprint density at radius 2 is 2.18 bits per heavy atom. The molecule has 0 unspecified atom stereocenters. The van der Waals surface area contributed by atoms with E-state index in [2.05, 4.69) is 52.0 Å². The number of aryl methyl sites for hydroxylation is 1. The van der Waals surface area contributed by atoms with Crippen molar-refractivity contribution >= 4 is 23.1 Å². The highest BCUT2D eigenvalue weighted by molar-refractivity contribution is 7.99. The number of aliphatic hydroxyl groups excluding tert-OH is 1. The van der Waals surface area contributed by atoms with E-state index in [1.165, 1.54) is 22.9 Å². The Bertz CT molecular complexity index is 895. The van der Waals surface area contributed by atoms with Crippen LogP contribution in [0, 0.1) is 0 Å². The van der Waals surface area contributed by atoms with E-state index < -0.39 is 6.10 Å². The minimum absolute atomic E-state index is 0.0920. The summed E-state index contributed by atoms with van der Waals surface area (Å²) < 4.78 is 8.17. The number of aliphatic hydroxyl groups is 1. The van der Waals surface area contributed by atoms with Gasteiger partial charge in [0.25, 0.3) is 0 Å². The SMILES string of the molecule is CCn1c(SC[C@H](O)CO[C@@H]2CCCc3ccccc32)nnc1-c1cccs1. The fourth-order valence-corrected chi connectivity index (χ4v) is 5.22. The topological polar surface area (TPSA) is 60.2 Å². The third kappa shape index (κ3) is 4.33. The lowest BCUT2D eigenvalue weighted by Gasteiger charge is -2.26. The summed E-state index contributed by atoms with van der Waals surface area (Å²) in [5.74, 6) is 1.43. The second-order valence-electron chi connectivity index (χ2n) is 6.91. The molecule has 1 aliphatic carbocycles. The molecule has 2 atom stereocenters. The first-order valence-electron chi connectivity index (χ1n) is 9.73. The Balaban J connectivity index is 1.33. The van der Waals surface area contributed by atoms with Gasteiger partial charge in [0.05, 0.1) is 23.7 Å². The molecule has 4 rings (SSSR count). The molecule has 0 saturated carbocycles. The minimum Gasteiger partial charge on any atom is -0.390 e. The molecule has 28 heavy (non-hydrogen) atoms. The van der Waals surface area contributed by atoms with Gasteiger partial charge in [-0.15, -0.1) is 21.5 Å². The Labute approximate surface area is 173 Å². The van der Waals surface area contributed by atoms with Crippen molar-refractivity contribution in [1.29, 1.82) is 0 Å². The smallest absolute Gasteiger partial charge is 0.191 e. The van der Waals surface area contributed by atoms with Gasteiger partial charge in [0.15, 0.2) is 11.0 Å². The lowest BCUT2D eigenvalue weighted by Crippen LogP contribution is -2.22. The number of ether oxygens (including phenoxy) is 1. The summed E-state index contributed by atoms with van der Waals surface area (Å²) in [6.07, 6.45) is 2.83. The van der Waals surface area contributed by atoms with Crippen LogP contribution >= 0.6 is 23.1 Å². The monoisotopic (exact) mass is 415 g/mol. The van der Waals surface area contributed by atoms with Crippen molar-refractivity contribution in [2.24, 2.45) is 0 Å². The van der Waals surface area contributed by atoms with E-state index in [4.69, 9.17) is 4.74 Å². The average molecular weight is 416 g/mol. The third-order valence-corrected chi connectivity index (χ3v) is 6.96. The normalized spacial score (nSPS) is 17.4. The van der Waals surface area contributed by atoms with E-state index in [0.717, 1.165) is 41.7 Å². The molecule has 1 aliphatic rings. The molecule has 1 aromatic carbocycles. The molecule has 0 aliphatic heterocycles. The van der Waals surface area contributed by atoms with E-state index in [1.54, 1.807) is 11.3 Å². The van der Waals surface area contributed by atoms with Gasteiger partial charge in [-0.1, -0.05) is 42.1 Å². The van der Waals surface area contributed by atoms with Gasteiger partial charge in [0.2, 0.25) is 0 Å². The average Bonchev–Trinajstić information content (AvgIpc) is 3.39. The molecule has 0 bridgehead atoms. The molecule has 5 nitrogen and oxygen atoms in total. The Morgan fingerprint density at radius 3 is 3.00 bits per heavy atom. The van der Waals surface area contributed by atoms with Crippen molar-refractivity contribution in [3.05, 3.63) is 52.9 Å². The zero-order chi connectivity index (χ0) is 19.3. The number of hydrogen-bond donors (Lipinski definition) is 1. The molecule has 0 radical (unpaired) electrons. The standard InChI is InChI=1S/C21H25N3O2S2/c1-2-24-20(19-11-6-12-27-19)22-23-21(24)28-14-16(25)13-26-18-10-5-8-15-7-3-4-9-17(15)18/h3-4,6-7,9,11-12,16,18,25H,2,5,8,10,13-14H2,1H3/t16-,18-/m1/s1. The van der Waals surface area contributed by atoms with Gasteiger partial charge in [0.1, 0.15) is 0 Å². The summed E-state index contributed by atoms with van der Waals surface area (Å²) in [6, 6.07) is 12.6. The molecule has 3 aromatic rings. The Morgan fingerprint density at radius 1 is 1.29 bits per heavy atom. The zero-order valence-corrected chi connectivity index (χ0v) is 17.6. The lowest BCUT2D eigenvalue weighted by atomic mass is 9.89. The van der Waals surface area contributed by atoms with Crippen molar-refractivity contribution < 1.29 is 9.84 Å². The minimum atomic E-state index is -0.536. The molecule has 2 aromatic heterocycles. The number of thiophene rings is 1. The molecular formula is C21H25N3O2S2. The van der Waals surface area contributed by atoms with E-state index in [1.807, 2.05) is 11.4 Å². The highest BCUT2D eigenvalue weighted by Crippen LogP contribution is 2.32. The Hall–Kier alpha value is -1.67. The second kappa shape index (κ2) is 9.22. The number of benzene rings is 1. The maximum atomic E-state index is 10.4. The molecule has 7 heteroatoms. The van der Waals surface area contributed by atoms with Crippen LogP contribution in [0.15, 0.2) is 46.9 Å². The molecule has 0 spiro atoms. The van der Waals surface area contributed by atoms with Crippen LogP contribution in [0.4, 0.5) is 0 Å². The second-order valence-corrected chi connectivity index (χ2v) is 8.84. The van der Waals surface area contributed by atoms with E-state index in [0.29, 0.717) is 12.4 Å². The van der Waals surface area contributed by atoms with Crippen LogP contribution in [0.3, 0.4) is 0 Å². The van der Waals surface area contributed by atoms with Gasteiger partial charge >= 0.3 is 0 Å². The maximum Gasteiger partial charge on any atom is 0.191 e. The van der Waals surface area contributed by atoms with Gasteiger partial charge in [-0.25, -0.2) is 0 Å². The molecular weight excluding hydrogens is 390 g/mol. The van der Waals surface area contributed by atoms with Crippen molar-refractivity contribution in [2.75, 3.05) is 12.4 Å². The van der Waals surface area contributed by atoms with Crippen molar-refractivity contribution in [1.82, 2.24) is 14.8 Å². The van der Waals surface area contributed by atoms with Crippen LogP contribution in [0.2, 0.25) is 0 Å². The zero-order valence-electron chi connectivity index (χ0n) is 16.0. The maximum absolute atomic E-state index is 10.4. The third-order valence-electron chi connectivity index (χ3n) is 4.98. The molecule has 0 saturated heterocycles. The first-order chi connectivity index (χ1) is 13.8. The van der Waals surface area contributed by atoms with Crippen LogP contribution in [0.5, 0.6) is 0 Å². The summed E-state index contributed by atoms with van der Waals surface area (Å²) >= 11 is 3.19. The van der Waals surface area contributed by atoms with E-state index in [9.17, 15) is 5.11 Å². The molecule has 148 valence electrons. The summed E-state index contributed by atoms with van der Waals surface area (Å²) in [5.41, 5.74) is 2.65. The van der Waals surface area contributed by atoms with Gasteiger partial charge in [0, 0.05) is 12.3 Å². The van der Waals surface area contributed by atoms with Gasteiger partial charge < -0.3 is 14.4 Å². The quantitative estimate of drug-likeness (QED) is 0.546. The molecule has 1 N–H and O–H groups in total. The fourth-order valence-electron chi connectivity index (χ4n) is 3.60. The summed E-state index contributed by atoms with van der Waals surface area (Å²) in [4.78, 5) is 1.11.